The van der Waals surface area contributed by atoms with E-state index in [0.717, 1.165) is 10.6 Å². The predicted molar refractivity (Wildman–Crippen MR) is 77.3 cm³/mol. The van der Waals surface area contributed by atoms with Crippen molar-refractivity contribution in [2.24, 2.45) is 5.92 Å². The second-order valence-corrected chi connectivity index (χ2v) is 7.57. The van der Waals surface area contributed by atoms with Crippen LogP contribution in [0, 0.1) is 5.92 Å². The summed E-state index contributed by atoms with van der Waals surface area (Å²) < 4.78 is 37.5. The highest BCUT2D eigenvalue weighted by Crippen LogP contribution is 2.59. The van der Waals surface area contributed by atoms with Gasteiger partial charge >= 0.3 is 5.69 Å². The molecule has 0 amide bonds. The van der Waals surface area contributed by atoms with Gasteiger partial charge in [0.25, 0.3) is 5.56 Å². The summed E-state index contributed by atoms with van der Waals surface area (Å²) in [7, 11) is -0.906. The van der Waals surface area contributed by atoms with Gasteiger partial charge < -0.3 is 14.6 Å². The first-order valence-electron chi connectivity index (χ1n) is 6.88. The molecule has 128 valence electrons. The van der Waals surface area contributed by atoms with Gasteiger partial charge in [0, 0.05) is 25.3 Å². The zero-order valence-corrected chi connectivity index (χ0v) is 13.2. The molecule has 0 bridgehead atoms. The van der Waals surface area contributed by atoms with Gasteiger partial charge in [-0.2, -0.15) is 0 Å². The van der Waals surface area contributed by atoms with Crippen LogP contribution in [-0.2, 0) is 19.5 Å². The van der Waals surface area contributed by atoms with Crippen molar-refractivity contribution >= 4 is 10.0 Å². The highest BCUT2D eigenvalue weighted by molar-refractivity contribution is 7.89. The van der Waals surface area contributed by atoms with Gasteiger partial charge in [0.05, 0.1) is 11.9 Å². The second kappa shape index (κ2) is 5.24. The van der Waals surface area contributed by atoms with E-state index in [-0.39, 0.29) is 5.75 Å². The summed E-state index contributed by atoms with van der Waals surface area (Å²) in [5.74, 6) is -0.961. The Labute approximate surface area is 131 Å². The van der Waals surface area contributed by atoms with E-state index < -0.39 is 51.2 Å². The van der Waals surface area contributed by atoms with Crippen LogP contribution in [0.2, 0.25) is 0 Å². The van der Waals surface area contributed by atoms with E-state index in [9.17, 15) is 23.1 Å². The SMILES string of the molecule is CNS(=O)(=O)CC1[C@H]2O[C@@H](n3ccc(=O)[nH]c3=O)[C@H](OC)[C@@]12O. The van der Waals surface area contributed by atoms with Gasteiger partial charge in [0.2, 0.25) is 10.0 Å². The summed E-state index contributed by atoms with van der Waals surface area (Å²) in [5.41, 5.74) is -2.76. The number of sulfonamides is 1. The number of hydrogen-bond donors (Lipinski definition) is 3. The Kier molecular flexibility index (Phi) is 3.72. The Bertz CT molecular complexity index is 832. The number of aliphatic hydroxyl groups is 1. The first-order chi connectivity index (χ1) is 10.7. The predicted octanol–water partition coefficient (Wildman–Crippen LogP) is -2.64. The van der Waals surface area contributed by atoms with Gasteiger partial charge in [-0.25, -0.2) is 17.9 Å². The first kappa shape index (κ1) is 16.3. The molecule has 1 saturated carbocycles. The van der Waals surface area contributed by atoms with Crippen LogP contribution in [0.15, 0.2) is 21.9 Å². The Balaban J connectivity index is 1.88. The molecule has 1 aliphatic heterocycles. The van der Waals surface area contributed by atoms with E-state index in [1.165, 1.54) is 20.4 Å². The fourth-order valence-electron chi connectivity index (χ4n) is 3.14. The van der Waals surface area contributed by atoms with Crippen molar-refractivity contribution < 1.29 is 23.0 Å². The summed E-state index contributed by atoms with van der Waals surface area (Å²) in [6.45, 7) is 0. The van der Waals surface area contributed by atoms with E-state index in [2.05, 4.69) is 9.71 Å². The third kappa shape index (κ3) is 2.44. The lowest BCUT2D eigenvalue weighted by Crippen LogP contribution is -2.43. The highest BCUT2D eigenvalue weighted by Gasteiger charge is 2.77. The molecule has 1 unspecified atom stereocenters. The van der Waals surface area contributed by atoms with Crippen molar-refractivity contribution in [1.29, 1.82) is 0 Å². The topological polar surface area (TPSA) is 140 Å². The molecule has 1 aliphatic carbocycles. The van der Waals surface area contributed by atoms with E-state index in [1.807, 2.05) is 0 Å². The Morgan fingerprint density at radius 2 is 2.22 bits per heavy atom. The van der Waals surface area contributed by atoms with Crippen LogP contribution in [0.25, 0.3) is 0 Å². The summed E-state index contributed by atoms with van der Waals surface area (Å²) >= 11 is 0. The zero-order chi connectivity index (χ0) is 17.0. The number of methoxy groups -OCH3 is 1. The molecular weight excluding hydrogens is 330 g/mol. The van der Waals surface area contributed by atoms with Gasteiger partial charge in [-0.05, 0) is 7.05 Å². The first-order valence-corrected chi connectivity index (χ1v) is 8.53. The van der Waals surface area contributed by atoms with E-state index in [0.29, 0.717) is 0 Å². The number of nitrogens with one attached hydrogen (secondary N) is 2. The van der Waals surface area contributed by atoms with Crippen molar-refractivity contribution in [3.63, 3.8) is 0 Å². The number of fused-ring (bicyclic) bond motifs is 1. The molecule has 1 aromatic heterocycles. The average molecular weight is 347 g/mol. The lowest BCUT2D eigenvalue weighted by molar-refractivity contribution is -0.0970. The highest BCUT2D eigenvalue weighted by atomic mass is 32.2. The number of hydrogen-bond acceptors (Lipinski definition) is 7. The summed E-state index contributed by atoms with van der Waals surface area (Å²) in [6.07, 6.45) is -1.41. The van der Waals surface area contributed by atoms with Crippen molar-refractivity contribution in [1.82, 2.24) is 14.3 Å². The summed E-state index contributed by atoms with van der Waals surface area (Å²) in [5, 5.41) is 10.7. The summed E-state index contributed by atoms with van der Waals surface area (Å²) in [6, 6.07) is 1.15. The molecule has 5 atom stereocenters. The fraction of sp³-hybridized carbons (Fsp3) is 0.667. The van der Waals surface area contributed by atoms with Gasteiger partial charge in [-0.3, -0.25) is 14.3 Å². The minimum Gasteiger partial charge on any atom is -0.384 e. The van der Waals surface area contributed by atoms with Gasteiger partial charge in [0.1, 0.15) is 11.7 Å². The Morgan fingerprint density at radius 3 is 2.78 bits per heavy atom. The number of nitrogens with zero attached hydrogens (tertiary/aromatic N) is 1. The third-order valence-corrected chi connectivity index (χ3v) is 5.82. The van der Waals surface area contributed by atoms with Gasteiger partial charge in [0.15, 0.2) is 6.23 Å². The molecule has 0 spiro atoms. The zero-order valence-electron chi connectivity index (χ0n) is 12.4. The number of aromatic amines is 1. The molecule has 11 heteroatoms. The van der Waals surface area contributed by atoms with Gasteiger partial charge in [-0.1, -0.05) is 0 Å². The number of H-pyrrole nitrogens is 1. The van der Waals surface area contributed by atoms with Crippen LogP contribution in [0.3, 0.4) is 0 Å². The van der Waals surface area contributed by atoms with Crippen LogP contribution in [0.5, 0.6) is 0 Å². The molecule has 0 aromatic carbocycles. The summed E-state index contributed by atoms with van der Waals surface area (Å²) in [4.78, 5) is 25.1. The maximum absolute atomic E-state index is 11.9. The fourth-order valence-corrected chi connectivity index (χ4v) is 4.22. The maximum atomic E-state index is 11.9. The van der Waals surface area contributed by atoms with Crippen LogP contribution >= 0.6 is 0 Å². The lowest BCUT2D eigenvalue weighted by Gasteiger charge is -2.26. The smallest absolute Gasteiger partial charge is 0.330 e. The van der Waals surface area contributed by atoms with Crippen LogP contribution < -0.4 is 16.0 Å². The lowest BCUT2D eigenvalue weighted by atomic mass is 10.1. The van der Waals surface area contributed by atoms with E-state index in [1.54, 1.807) is 0 Å². The molecule has 0 radical (unpaired) electrons. The molecule has 2 aliphatic rings. The normalized spacial score (nSPS) is 36.0. The Hall–Kier alpha value is -1.53. The molecular formula is C12H17N3O7S. The molecule has 2 heterocycles. The van der Waals surface area contributed by atoms with E-state index >= 15 is 0 Å². The van der Waals surface area contributed by atoms with Crippen LogP contribution in [0.4, 0.5) is 0 Å². The monoisotopic (exact) mass is 347 g/mol. The second-order valence-electron chi connectivity index (χ2n) is 5.60. The van der Waals surface area contributed by atoms with Gasteiger partial charge in [-0.15, -0.1) is 0 Å². The molecule has 10 nitrogen and oxygen atoms in total. The number of rotatable bonds is 5. The molecule has 1 saturated heterocycles. The average Bonchev–Trinajstić information content (AvgIpc) is 2.88. The number of aromatic nitrogens is 2. The molecule has 23 heavy (non-hydrogen) atoms. The minimum atomic E-state index is -3.53. The standard InChI is InChI=1S/C12H17N3O7S/c1-13-23(19,20)5-6-8-12(6,18)9(21-2)10(22-8)15-4-3-7(16)14-11(15)17/h3-4,6,8-10,13,18H,5H2,1-2H3,(H,14,16,17)/t6?,8-,9+,10-,12-/m1/s1. The molecule has 3 rings (SSSR count). The van der Waals surface area contributed by atoms with Crippen molar-refractivity contribution in [3.05, 3.63) is 33.1 Å². The quantitative estimate of drug-likeness (QED) is 0.529. The molecule has 2 fully saturated rings. The van der Waals surface area contributed by atoms with Crippen molar-refractivity contribution in [2.45, 2.75) is 24.0 Å². The third-order valence-electron chi connectivity index (χ3n) is 4.40. The van der Waals surface area contributed by atoms with Crippen molar-refractivity contribution in [2.75, 3.05) is 19.9 Å². The molecule has 1 aromatic rings. The minimum absolute atomic E-state index is 0.308. The number of ether oxygens (including phenoxy) is 2. The maximum Gasteiger partial charge on any atom is 0.330 e. The van der Waals surface area contributed by atoms with E-state index in [4.69, 9.17) is 9.47 Å². The molecule has 3 N–H and O–H groups in total. The largest absolute Gasteiger partial charge is 0.384 e. The van der Waals surface area contributed by atoms with Crippen LogP contribution in [-0.4, -0.2) is 60.8 Å². The van der Waals surface area contributed by atoms with Crippen molar-refractivity contribution in [3.8, 4) is 0 Å². The Morgan fingerprint density at radius 1 is 1.52 bits per heavy atom. The van der Waals surface area contributed by atoms with Crippen LogP contribution in [0.1, 0.15) is 6.23 Å².